The molecule has 2 heterocycles. The Bertz CT molecular complexity index is 1250. The van der Waals surface area contributed by atoms with Crippen LogP contribution in [0.2, 0.25) is 10.0 Å². The van der Waals surface area contributed by atoms with Crippen molar-refractivity contribution in [2.45, 2.75) is 31.0 Å². The van der Waals surface area contributed by atoms with Crippen LogP contribution in [0, 0.1) is 0 Å². The van der Waals surface area contributed by atoms with E-state index in [0.717, 1.165) is 5.56 Å². The van der Waals surface area contributed by atoms with E-state index in [0.29, 0.717) is 32.7 Å². The van der Waals surface area contributed by atoms with Gasteiger partial charge in [-0.3, -0.25) is 9.59 Å². The lowest BCUT2D eigenvalue weighted by Crippen LogP contribution is -2.66. The Balaban J connectivity index is 1.80. The zero-order chi connectivity index (χ0) is 22.1. The Hall–Kier alpha value is -2.12. The number of ether oxygens (including phenoxy) is 2. The molecule has 0 bridgehead atoms. The van der Waals surface area contributed by atoms with E-state index in [1.165, 1.54) is 6.92 Å². The average Bonchev–Trinajstić information content (AvgIpc) is 3.10. The van der Waals surface area contributed by atoms with Crippen LogP contribution in [0.4, 0.5) is 0 Å². The van der Waals surface area contributed by atoms with Crippen molar-refractivity contribution < 1.29 is 24.2 Å². The van der Waals surface area contributed by atoms with Crippen molar-refractivity contribution in [2.75, 3.05) is 0 Å². The Morgan fingerprint density at radius 2 is 1.84 bits per heavy atom. The zero-order valence-corrected chi connectivity index (χ0v) is 19.3. The van der Waals surface area contributed by atoms with Crippen LogP contribution in [-0.2, 0) is 16.0 Å². The summed E-state index contributed by atoms with van der Waals surface area (Å²) >= 11 is 15.6. The van der Waals surface area contributed by atoms with E-state index in [4.69, 9.17) is 32.7 Å². The van der Waals surface area contributed by atoms with Crippen LogP contribution in [0.15, 0.2) is 52.2 Å². The van der Waals surface area contributed by atoms with E-state index >= 15 is 0 Å². The minimum absolute atomic E-state index is 0.0475. The van der Waals surface area contributed by atoms with E-state index in [2.05, 4.69) is 15.9 Å². The maximum atomic E-state index is 13.4. The highest BCUT2D eigenvalue weighted by Crippen LogP contribution is 2.56. The number of ketones is 2. The summed E-state index contributed by atoms with van der Waals surface area (Å²) in [6.45, 7) is 1.33. The monoisotopic (exact) mass is 520 g/mol. The molecule has 5 rings (SSSR count). The van der Waals surface area contributed by atoms with Gasteiger partial charge in [0.1, 0.15) is 21.8 Å². The maximum absolute atomic E-state index is 13.4. The number of fused-ring (bicyclic) bond motifs is 4. The van der Waals surface area contributed by atoms with Crippen molar-refractivity contribution in [3.05, 3.63) is 73.4 Å². The second-order valence-electron chi connectivity index (χ2n) is 7.91. The number of rotatable bonds is 2. The van der Waals surface area contributed by atoms with Crippen LogP contribution >= 0.6 is 39.1 Å². The van der Waals surface area contributed by atoms with E-state index in [1.807, 2.05) is 0 Å². The van der Waals surface area contributed by atoms with E-state index in [1.54, 1.807) is 42.5 Å². The van der Waals surface area contributed by atoms with Gasteiger partial charge in [0.05, 0.1) is 0 Å². The number of hydrogen-bond acceptors (Lipinski definition) is 5. The van der Waals surface area contributed by atoms with Crippen LogP contribution in [-0.4, -0.2) is 27.9 Å². The van der Waals surface area contributed by atoms with E-state index in [-0.39, 0.29) is 22.4 Å². The molecular formula is C23H15BrCl2O5. The highest BCUT2D eigenvalue weighted by atomic mass is 79.9. The molecule has 158 valence electrons. The second kappa shape index (κ2) is 6.94. The Kier molecular flexibility index (Phi) is 4.65. The van der Waals surface area contributed by atoms with Gasteiger partial charge in [-0.2, -0.15) is 0 Å². The molecule has 1 N–H and O–H groups in total. The molecule has 0 radical (unpaired) electrons. The maximum Gasteiger partial charge on any atom is 0.210 e. The summed E-state index contributed by atoms with van der Waals surface area (Å²) < 4.78 is 12.4. The number of aliphatic hydroxyl groups is 1. The third-order valence-electron chi connectivity index (χ3n) is 5.86. The standard InChI is InChI=1S/C23H15BrCl2O5/c1-11(27)9-22(29)21(28)19(24)20-16(8-12-6-14(25)2-4-17(12)30-20)23(22)10-13-7-15(26)3-5-18(13)31-23/h2-8,29H,9-10H2,1H3/t22-,23+/m1/s1. The van der Waals surface area contributed by atoms with Gasteiger partial charge < -0.3 is 14.6 Å². The Morgan fingerprint density at radius 1 is 1.16 bits per heavy atom. The number of carbonyl (C=O) groups is 2. The lowest BCUT2D eigenvalue weighted by molar-refractivity contribution is -0.160. The van der Waals surface area contributed by atoms with Gasteiger partial charge in [-0.1, -0.05) is 23.2 Å². The Labute approximate surface area is 196 Å². The summed E-state index contributed by atoms with van der Waals surface area (Å²) in [6, 6.07) is 10.2. The summed E-state index contributed by atoms with van der Waals surface area (Å²) in [6.07, 6.45) is 1.50. The molecule has 3 aliphatic rings. The first-order valence-corrected chi connectivity index (χ1v) is 11.0. The lowest BCUT2D eigenvalue weighted by Gasteiger charge is -2.48. The fraction of sp³-hybridized carbons (Fsp3) is 0.217. The number of benzene rings is 2. The van der Waals surface area contributed by atoms with Crippen LogP contribution < -0.4 is 9.47 Å². The predicted octanol–water partition coefficient (Wildman–Crippen LogP) is 5.04. The molecule has 0 unspecified atom stereocenters. The quantitative estimate of drug-likeness (QED) is 0.599. The number of Topliss-reactive ketones (excluding diaryl/α,β-unsaturated/α-hetero) is 2. The molecule has 0 aromatic heterocycles. The summed E-state index contributed by atoms with van der Waals surface area (Å²) in [5.41, 5.74) is -1.89. The lowest BCUT2D eigenvalue weighted by atomic mass is 9.65. The van der Waals surface area contributed by atoms with Crippen molar-refractivity contribution in [3.8, 4) is 11.5 Å². The van der Waals surface area contributed by atoms with Crippen molar-refractivity contribution in [1.82, 2.24) is 0 Å². The highest BCUT2D eigenvalue weighted by Gasteiger charge is 2.67. The largest absolute Gasteiger partial charge is 0.478 e. The topological polar surface area (TPSA) is 72.8 Å². The minimum atomic E-state index is -2.15. The molecular weight excluding hydrogens is 507 g/mol. The molecule has 2 aliphatic heterocycles. The smallest absolute Gasteiger partial charge is 0.210 e. The first kappa shape index (κ1) is 20.8. The van der Waals surface area contributed by atoms with Crippen molar-refractivity contribution in [3.63, 3.8) is 0 Å². The molecule has 0 saturated carbocycles. The first-order chi connectivity index (χ1) is 14.6. The molecule has 2 aromatic carbocycles. The molecule has 1 aliphatic carbocycles. The third-order valence-corrected chi connectivity index (χ3v) is 7.05. The van der Waals surface area contributed by atoms with Gasteiger partial charge in [0, 0.05) is 39.6 Å². The minimum Gasteiger partial charge on any atom is -0.478 e. The van der Waals surface area contributed by atoms with Crippen molar-refractivity contribution in [1.29, 1.82) is 0 Å². The average molecular weight is 522 g/mol. The van der Waals surface area contributed by atoms with Gasteiger partial charge in [0.25, 0.3) is 0 Å². The highest BCUT2D eigenvalue weighted by molar-refractivity contribution is 9.12. The first-order valence-electron chi connectivity index (χ1n) is 9.48. The molecule has 0 amide bonds. The normalized spacial score (nSPS) is 26.0. The zero-order valence-electron chi connectivity index (χ0n) is 16.2. The summed E-state index contributed by atoms with van der Waals surface area (Å²) in [5.74, 6) is 0.211. The van der Waals surface area contributed by atoms with Crippen molar-refractivity contribution in [2.24, 2.45) is 0 Å². The summed E-state index contributed by atoms with van der Waals surface area (Å²) in [5, 5.41) is 12.8. The van der Waals surface area contributed by atoms with Crippen LogP contribution in [0.5, 0.6) is 11.5 Å². The molecule has 2 aromatic rings. The second-order valence-corrected chi connectivity index (χ2v) is 9.58. The molecule has 8 heteroatoms. The van der Waals surface area contributed by atoms with Crippen LogP contribution in [0.3, 0.4) is 0 Å². The molecule has 0 fully saturated rings. The van der Waals surface area contributed by atoms with Crippen LogP contribution in [0.1, 0.15) is 24.5 Å². The number of halogens is 3. The van der Waals surface area contributed by atoms with E-state index < -0.39 is 23.4 Å². The number of hydrogen-bond donors (Lipinski definition) is 1. The van der Waals surface area contributed by atoms with Crippen molar-refractivity contribution >= 4 is 56.8 Å². The molecule has 1 spiro atoms. The molecule has 31 heavy (non-hydrogen) atoms. The predicted molar refractivity (Wildman–Crippen MR) is 120 cm³/mol. The molecule has 0 saturated heterocycles. The SMILES string of the molecule is CC(=O)C[C@@]1(O)C(=O)C(Br)=C2Oc3ccc(Cl)cc3C=C2[C@@]12Cc1cc(Cl)ccc1O2. The van der Waals surface area contributed by atoms with Gasteiger partial charge in [-0.15, -0.1) is 0 Å². The van der Waals surface area contributed by atoms with Gasteiger partial charge in [-0.25, -0.2) is 0 Å². The summed E-state index contributed by atoms with van der Waals surface area (Å²) in [4.78, 5) is 25.6. The Morgan fingerprint density at radius 3 is 2.55 bits per heavy atom. The van der Waals surface area contributed by atoms with Gasteiger partial charge in [0.2, 0.25) is 5.78 Å². The molecule has 2 atom stereocenters. The fourth-order valence-electron chi connectivity index (χ4n) is 4.51. The van der Waals surface area contributed by atoms with Gasteiger partial charge in [0.15, 0.2) is 17.0 Å². The fourth-order valence-corrected chi connectivity index (χ4v) is 5.50. The van der Waals surface area contributed by atoms with Gasteiger partial charge in [-0.05, 0) is 65.3 Å². The van der Waals surface area contributed by atoms with Gasteiger partial charge >= 0.3 is 0 Å². The molecule has 5 nitrogen and oxygen atoms in total. The number of carbonyl (C=O) groups excluding carboxylic acids is 2. The third kappa shape index (κ3) is 2.93. The summed E-state index contributed by atoms with van der Waals surface area (Å²) in [7, 11) is 0. The van der Waals surface area contributed by atoms with E-state index in [9.17, 15) is 14.7 Å². The van der Waals surface area contributed by atoms with Crippen LogP contribution in [0.25, 0.3) is 6.08 Å².